The van der Waals surface area contributed by atoms with Crippen molar-refractivity contribution in [2.45, 2.75) is 51.0 Å². The van der Waals surface area contributed by atoms with Gasteiger partial charge in [0.15, 0.2) is 5.58 Å². The van der Waals surface area contributed by atoms with Crippen LogP contribution in [0, 0.1) is 23.1 Å². The molecule has 0 radical (unpaired) electrons. The van der Waals surface area contributed by atoms with Gasteiger partial charge in [0, 0.05) is 43.9 Å². The lowest BCUT2D eigenvalue weighted by atomic mass is 9.95. The summed E-state index contributed by atoms with van der Waals surface area (Å²) in [5.41, 5.74) is 5.76. The molecular formula is C40H37ClFN5O6. The van der Waals surface area contributed by atoms with E-state index in [9.17, 15) is 20.3 Å². The number of aromatic nitrogens is 2. The number of aliphatic hydroxyl groups excluding tert-OH is 1. The largest absolute Gasteiger partial charge is 0.481 e. The van der Waals surface area contributed by atoms with Crippen LogP contribution in [0.1, 0.15) is 53.2 Å². The molecule has 0 amide bonds. The number of ether oxygens (including phenoxy) is 2. The second kappa shape index (κ2) is 14.4. The molecule has 2 aliphatic heterocycles. The number of carbonyl (C=O) groups is 1. The summed E-state index contributed by atoms with van der Waals surface area (Å²) in [7, 11) is 1.55. The average molecular weight is 738 g/mol. The molecular weight excluding hydrogens is 701 g/mol. The molecule has 1 aliphatic carbocycles. The molecule has 11 nitrogen and oxygen atoms in total. The molecule has 272 valence electrons. The number of pyridine rings is 1. The van der Waals surface area contributed by atoms with E-state index in [0.717, 1.165) is 40.8 Å². The normalized spacial score (nSPS) is 20.2. The maximum atomic E-state index is 16.6. The zero-order chi connectivity index (χ0) is 36.8. The van der Waals surface area contributed by atoms with Crippen molar-refractivity contribution >= 4 is 28.7 Å². The minimum Gasteiger partial charge on any atom is -0.481 e. The van der Waals surface area contributed by atoms with E-state index >= 15 is 4.39 Å². The number of aliphatic hydroxyl groups is 1. The van der Waals surface area contributed by atoms with Crippen LogP contribution in [0.2, 0.25) is 5.02 Å². The predicted molar refractivity (Wildman–Crippen MR) is 194 cm³/mol. The summed E-state index contributed by atoms with van der Waals surface area (Å²) in [6, 6.07) is 18.3. The number of likely N-dealkylation sites (tertiary alicyclic amines) is 2. The summed E-state index contributed by atoms with van der Waals surface area (Å²) in [6.45, 7) is 3.46. The standard InChI is InChI=1S/C40H37ClFN5O6/c1-51-37-25(20-47-13-11-26(48)21-47)16-32(41)39(45-37)52-34-9-8-28-27(4-2-5-29(28)34)30-6-3-7-31(35(30)42)38-44-33-15-22(14-24(17-43)36(33)53-38)18-46-12-10-23(19-46)40(49)50/h2-7,14-16,23,26,34,48H,8-13,18-21H2,1H3,(H,49,50)/t23-,26-,34-/m1/s1. The van der Waals surface area contributed by atoms with Gasteiger partial charge < -0.3 is 24.1 Å². The van der Waals surface area contributed by atoms with E-state index in [0.29, 0.717) is 74.0 Å². The first kappa shape index (κ1) is 35.0. The Morgan fingerprint density at radius 2 is 1.79 bits per heavy atom. The number of benzene rings is 3. The number of oxazole rings is 1. The Morgan fingerprint density at radius 3 is 2.55 bits per heavy atom. The van der Waals surface area contributed by atoms with Crippen LogP contribution in [0.3, 0.4) is 0 Å². The van der Waals surface area contributed by atoms with Crippen LogP contribution in [0.5, 0.6) is 11.8 Å². The number of β-amino-alcohol motifs (C(OH)–C–C–N with tert-alkyl or cyclic N) is 1. The van der Waals surface area contributed by atoms with E-state index in [-0.39, 0.29) is 40.7 Å². The van der Waals surface area contributed by atoms with Crippen molar-refractivity contribution in [1.82, 2.24) is 19.8 Å². The number of aliphatic carboxylic acids is 1. The molecule has 0 saturated carbocycles. The van der Waals surface area contributed by atoms with Crippen molar-refractivity contribution in [3.63, 3.8) is 0 Å². The summed E-state index contributed by atoms with van der Waals surface area (Å²) in [4.78, 5) is 24.8. The number of methoxy groups -OCH3 is 1. The molecule has 2 aromatic heterocycles. The third-order valence-electron chi connectivity index (χ3n) is 10.5. The average Bonchev–Trinajstić information content (AvgIpc) is 3.96. The smallest absolute Gasteiger partial charge is 0.307 e. The Hall–Kier alpha value is -5.06. The highest BCUT2D eigenvalue weighted by Gasteiger charge is 2.31. The second-order valence-electron chi connectivity index (χ2n) is 14.0. The molecule has 0 bridgehead atoms. The van der Waals surface area contributed by atoms with Gasteiger partial charge in [-0.1, -0.05) is 41.9 Å². The Kier molecular flexibility index (Phi) is 9.51. The first-order valence-corrected chi connectivity index (χ1v) is 18.1. The highest BCUT2D eigenvalue weighted by atomic mass is 35.5. The van der Waals surface area contributed by atoms with Crippen molar-refractivity contribution in [3.8, 4) is 40.4 Å². The van der Waals surface area contributed by atoms with E-state index in [1.807, 2.05) is 29.2 Å². The van der Waals surface area contributed by atoms with Gasteiger partial charge in [-0.25, -0.2) is 9.37 Å². The number of carboxylic acids is 1. The van der Waals surface area contributed by atoms with Crippen LogP contribution in [-0.4, -0.2) is 75.3 Å². The van der Waals surface area contributed by atoms with Gasteiger partial charge in [0.2, 0.25) is 17.7 Å². The van der Waals surface area contributed by atoms with Gasteiger partial charge in [0.05, 0.1) is 30.3 Å². The summed E-state index contributed by atoms with van der Waals surface area (Å²) in [5, 5.41) is 29.6. The molecule has 0 spiro atoms. The number of nitriles is 1. The fourth-order valence-electron chi connectivity index (χ4n) is 7.91. The maximum absolute atomic E-state index is 16.6. The van der Waals surface area contributed by atoms with Crippen LogP contribution in [-0.2, 0) is 24.3 Å². The molecule has 4 heterocycles. The van der Waals surface area contributed by atoms with E-state index < -0.39 is 17.7 Å². The van der Waals surface area contributed by atoms with E-state index in [2.05, 4.69) is 20.9 Å². The molecule has 3 aromatic carbocycles. The zero-order valence-electron chi connectivity index (χ0n) is 29.0. The van der Waals surface area contributed by atoms with Crippen LogP contribution >= 0.6 is 11.6 Å². The highest BCUT2D eigenvalue weighted by molar-refractivity contribution is 6.31. The van der Waals surface area contributed by atoms with Gasteiger partial charge in [0.25, 0.3) is 0 Å². The molecule has 5 aromatic rings. The molecule has 2 saturated heterocycles. The van der Waals surface area contributed by atoms with Gasteiger partial charge in [-0.15, -0.1) is 0 Å². The van der Waals surface area contributed by atoms with Gasteiger partial charge in [-0.3, -0.25) is 14.6 Å². The predicted octanol–water partition coefficient (Wildman–Crippen LogP) is 6.77. The van der Waals surface area contributed by atoms with Crippen molar-refractivity contribution in [1.29, 1.82) is 5.26 Å². The van der Waals surface area contributed by atoms with Crippen LogP contribution in [0.25, 0.3) is 33.7 Å². The van der Waals surface area contributed by atoms with E-state index in [1.165, 1.54) is 0 Å². The number of hydrogen-bond acceptors (Lipinski definition) is 10. The van der Waals surface area contributed by atoms with Crippen LogP contribution in [0.15, 0.2) is 59.0 Å². The zero-order valence-corrected chi connectivity index (χ0v) is 29.8. The molecule has 3 aliphatic rings. The molecule has 53 heavy (non-hydrogen) atoms. The SMILES string of the molecule is COc1nc(O[C@@H]2CCc3c(-c4cccc(-c5nc6cc(CN7CC[C@@H](C(=O)O)C7)cc(C#N)c6o5)c4F)cccc32)c(Cl)cc1CN1CC[C@@H](O)C1. The Bertz CT molecular complexity index is 2270. The van der Waals surface area contributed by atoms with Crippen molar-refractivity contribution < 1.29 is 33.3 Å². The summed E-state index contributed by atoms with van der Waals surface area (Å²) >= 11 is 6.70. The fraction of sp³-hybridized carbons (Fsp3) is 0.350. The molecule has 3 atom stereocenters. The lowest BCUT2D eigenvalue weighted by molar-refractivity contribution is -0.141. The van der Waals surface area contributed by atoms with Gasteiger partial charge in [0.1, 0.15) is 28.5 Å². The molecule has 0 unspecified atom stereocenters. The minimum atomic E-state index is -0.805. The molecule has 13 heteroatoms. The van der Waals surface area contributed by atoms with Gasteiger partial charge in [-0.2, -0.15) is 10.2 Å². The van der Waals surface area contributed by atoms with Gasteiger partial charge in [-0.05, 0) is 78.7 Å². The third-order valence-corrected chi connectivity index (χ3v) is 10.8. The first-order valence-electron chi connectivity index (χ1n) is 17.7. The highest BCUT2D eigenvalue weighted by Crippen LogP contribution is 2.43. The summed E-state index contributed by atoms with van der Waals surface area (Å²) in [6.07, 6.45) is 1.88. The minimum absolute atomic E-state index is 0.0629. The van der Waals surface area contributed by atoms with E-state index in [1.54, 1.807) is 37.4 Å². The summed E-state index contributed by atoms with van der Waals surface area (Å²) < 4.78 is 34.6. The van der Waals surface area contributed by atoms with Crippen molar-refractivity contribution in [2.24, 2.45) is 5.92 Å². The molecule has 8 rings (SSSR count). The van der Waals surface area contributed by atoms with Gasteiger partial charge >= 0.3 is 5.97 Å². The number of rotatable bonds is 10. The van der Waals surface area contributed by atoms with Crippen molar-refractivity contribution in [2.75, 3.05) is 33.3 Å². The molecule has 2 fully saturated rings. The molecule has 2 N–H and O–H groups in total. The van der Waals surface area contributed by atoms with Crippen LogP contribution in [0.4, 0.5) is 4.39 Å². The second-order valence-corrected chi connectivity index (χ2v) is 14.4. The monoisotopic (exact) mass is 737 g/mol. The Labute approximate surface area is 310 Å². The first-order chi connectivity index (χ1) is 25.7. The quantitative estimate of drug-likeness (QED) is 0.157. The number of hydrogen-bond donors (Lipinski definition) is 2. The number of fused-ring (bicyclic) bond motifs is 2. The third kappa shape index (κ3) is 6.82. The summed E-state index contributed by atoms with van der Waals surface area (Å²) in [5.74, 6) is -0.983. The number of nitrogens with zero attached hydrogens (tertiary/aromatic N) is 5. The maximum Gasteiger partial charge on any atom is 0.307 e. The lowest BCUT2D eigenvalue weighted by Crippen LogP contribution is -2.22. The van der Waals surface area contributed by atoms with E-state index in [4.69, 9.17) is 25.5 Å². The Balaban J connectivity index is 1.05. The van der Waals surface area contributed by atoms with Crippen LogP contribution < -0.4 is 9.47 Å². The Morgan fingerprint density at radius 1 is 1.02 bits per heavy atom. The fourth-order valence-corrected chi connectivity index (χ4v) is 8.13. The topological polar surface area (TPSA) is 145 Å². The lowest BCUT2D eigenvalue weighted by Gasteiger charge is -2.20. The van der Waals surface area contributed by atoms with Crippen molar-refractivity contribution in [3.05, 3.63) is 93.3 Å². The number of halogens is 2. The number of carboxylic acid groups (broad SMARTS) is 1.